The molecule has 24 heavy (non-hydrogen) atoms. The van der Waals surface area contributed by atoms with E-state index in [9.17, 15) is 4.79 Å². The number of amides is 1. The molecule has 0 aliphatic heterocycles. The Labute approximate surface area is 151 Å². The molecule has 1 atom stereocenters. The molecule has 1 unspecified atom stereocenters. The normalized spacial score (nSPS) is 12.2. The maximum Gasteiger partial charge on any atom is 0.244 e. The average Bonchev–Trinajstić information content (AvgIpc) is 3.09. The first kappa shape index (κ1) is 18.4. The first-order chi connectivity index (χ1) is 11.5. The van der Waals surface area contributed by atoms with Crippen molar-refractivity contribution in [3.8, 4) is 11.5 Å². The lowest BCUT2D eigenvalue weighted by Crippen LogP contribution is -2.23. The molecule has 2 aromatic rings. The van der Waals surface area contributed by atoms with Crippen LogP contribution in [0.15, 0.2) is 35.7 Å². The summed E-state index contributed by atoms with van der Waals surface area (Å²) in [7, 11) is 1.55. The van der Waals surface area contributed by atoms with E-state index in [1.165, 1.54) is 6.08 Å². The van der Waals surface area contributed by atoms with Crippen LogP contribution in [0.1, 0.15) is 30.3 Å². The lowest BCUT2D eigenvalue weighted by atomic mass is 10.1. The SMILES string of the molecule is CCOc1c(Cl)cc(/C=C/C(=O)NC(C)c2cccs2)cc1OC. The predicted molar refractivity (Wildman–Crippen MR) is 99.1 cm³/mol. The van der Waals surface area contributed by atoms with Gasteiger partial charge >= 0.3 is 0 Å². The van der Waals surface area contributed by atoms with Crippen molar-refractivity contribution in [1.29, 1.82) is 0 Å². The molecule has 128 valence electrons. The first-order valence-electron chi connectivity index (χ1n) is 7.57. The highest BCUT2D eigenvalue weighted by Crippen LogP contribution is 2.36. The quantitative estimate of drug-likeness (QED) is 0.723. The monoisotopic (exact) mass is 365 g/mol. The minimum absolute atomic E-state index is 0.0272. The van der Waals surface area contributed by atoms with Gasteiger partial charge < -0.3 is 14.8 Å². The van der Waals surface area contributed by atoms with Gasteiger partial charge in [0.05, 0.1) is 24.8 Å². The van der Waals surface area contributed by atoms with E-state index in [1.807, 2.05) is 31.4 Å². The molecular weight excluding hydrogens is 346 g/mol. The van der Waals surface area contributed by atoms with Gasteiger partial charge in [-0.15, -0.1) is 11.3 Å². The molecular formula is C18H20ClNO3S. The Morgan fingerprint density at radius 2 is 2.25 bits per heavy atom. The molecule has 0 fully saturated rings. The molecule has 1 aromatic heterocycles. The molecule has 6 heteroatoms. The Bertz CT molecular complexity index is 713. The second-order valence-electron chi connectivity index (χ2n) is 5.05. The number of halogens is 1. The highest BCUT2D eigenvalue weighted by Gasteiger charge is 2.11. The van der Waals surface area contributed by atoms with Gasteiger partial charge in [0.25, 0.3) is 0 Å². The largest absolute Gasteiger partial charge is 0.493 e. The van der Waals surface area contributed by atoms with E-state index in [2.05, 4.69) is 5.32 Å². The molecule has 1 amide bonds. The summed E-state index contributed by atoms with van der Waals surface area (Å²) in [6, 6.07) is 7.45. The van der Waals surface area contributed by atoms with E-state index in [4.69, 9.17) is 21.1 Å². The summed E-state index contributed by atoms with van der Waals surface area (Å²) in [6.45, 7) is 4.32. The summed E-state index contributed by atoms with van der Waals surface area (Å²) < 4.78 is 10.8. The predicted octanol–water partition coefficient (Wildman–Crippen LogP) is 4.70. The summed E-state index contributed by atoms with van der Waals surface area (Å²) >= 11 is 7.84. The molecule has 0 saturated heterocycles. The van der Waals surface area contributed by atoms with Crippen molar-refractivity contribution in [3.05, 3.63) is 51.2 Å². The minimum Gasteiger partial charge on any atom is -0.493 e. The average molecular weight is 366 g/mol. The van der Waals surface area contributed by atoms with Gasteiger partial charge in [-0.05, 0) is 49.1 Å². The van der Waals surface area contributed by atoms with E-state index < -0.39 is 0 Å². The Morgan fingerprint density at radius 3 is 2.88 bits per heavy atom. The Morgan fingerprint density at radius 1 is 1.46 bits per heavy atom. The van der Waals surface area contributed by atoms with Crippen molar-refractivity contribution in [3.63, 3.8) is 0 Å². The number of carbonyl (C=O) groups excluding carboxylic acids is 1. The van der Waals surface area contributed by atoms with Gasteiger partial charge in [0, 0.05) is 11.0 Å². The van der Waals surface area contributed by atoms with Crippen molar-refractivity contribution in [2.75, 3.05) is 13.7 Å². The molecule has 1 N–H and O–H groups in total. The zero-order valence-corrected chi connectivity index (χ0v) is 15.4. The van der Waals surface area contributed by atoms with Crippen LogP contribution in [-0.2, 0) is 4.79 Å². The van der Waals surface area contributed by atoms with E-state index in [0.717, 1.165) is 10.4 Å². The third kappa shape index (κ3) is 4.76. The first-order valence-corrected chi connectivity index (χ1v) is 8.83. The van der Waals surface area contributed by atoms with E-state index in [0.29, 0.717) is 23.1 Å². The van der Waals surface area contributed by atoms with Crippen LogP contribution in [0.3, 0.4) is 0 Å². The molecule has 1 heterocycles. The zero-order chi connectivity index (χ0) is 17.5. The van der Waals surface area contributed by atoms with E-state index >= 15 is 0 Å². The van der Waals surface area contributed by atoms with Crippen molar-refractivity contribution >= 4 is 34.9 Å². The fourth-order valence-electron chi connectivity index (χ4n) is 2.16. The molecule has 0 bridgehead atoms. The number of methoxy groups -OCH3 is 1. The van der Waals surface area contributed by atoms with Gasteiger partial charge in [0.15, 0.2) is 11.5 Å². The van der Waals surface area contributed by atoms with Crippen LogP contribution in [0.2, 0.25) is 5.02 Å². The van der Waals surface area contributed by atoms with Crippen molar-refractivity contribution in [2.24, 2.45) is 0 Å². The van der Waals surface area contributed by atoms with Gasteiger partial charge in [-0.3, -0.25) is 4.79 Å². The third-order valence-electron chi connectivity index (χ3n) is 3.30. The maximum absolute atomic E-state index is 12.0. The lowest BCUT2D eigenvalue weighted by molar-refractivity contribution is -0.117. The fourth-order valence-corrected chi connectivity index (χ4v) is 3.17. The Kier molecular flexibility index (Phi) is 6.70. The number of thiophene rings is 1. The van der Waals surface area contributed by atoms with Crippen LogP contribution in [-0.4, -0.2) is 19.6 Å². The van der Waals surface area contributed by atoms with Crippen LogP contribution < -0.4 is 14.8 Å². The van der Waals surface area contributed by atoms with Gasteiger partial charge in [0.1, 0.15) is 0 Å². The second kappa shape index (κ2) is 8.76. The number of nitrogens with one attached hydrogen (secondary N) is 1. The highest BCUT2D eigenvalue weighted by atomic mass is 35.5. The van der Waals surface area contributed by atoms with Crippen LogP contribution in [0, 0.1) is 0 Å². The standard InChI is InChI=1S/C18H20ClNO3S/c1-4-23-18-14(19)10-13(11-15(18)22-3)7-8-17(21)20-12(2)16-6-5-9-24-16/h5-12H,4H2,1-3H3,(H,20,21)/b8-7+. The number of benzene rings is 1. The Hall–Kier alpha value is -1.98. The molecule has 0 aliphatic rings. The number of carbonyl (C=O) groups is 1. The summed E-state index contributed by atoms with van der Waals surface area (Å²) in [5.41, 5.74) is 0.763. The fraction of sp³-hybridized carbons (Fsp3) is 0.278. The maximum atomic E-state index is 12.0. The van der Waals surface area contributed by atoms with Crippen LogP contribution in [0.5, 0.6) is 11.5 Å². The molecule has 2 rings (SSSR count). The van der Waals surface area contributed by atoms with Crippen molar-refractivity contribution < 1.29 is 14.3 Å². The van der Waals surface area contributed by atoms with Crippen LogP contribution in [0.4, 0.5) is 0 Å². The second-order valence-corrected chi connectivity index (χ2v) is 6.43. The Balaban J connectivity index is 2.08. The lowest BCUT2D eigenvalue weighted by Gasteiger charge is -2.12. The van der Waals surface area contributed by atoms with E-state index in [-0.39, 0.29) is 11.9 Å². The molecule has 0 radical (unpaired) electrons. The van der Waals surface area contributed by atoms with Gasteiger partial charge in [-0.1, -0.05) is 17.7 Å². The number of ether oxygens (including phenoxy) is 2. The number of rotatable bonds is 7. The van der Waals surface area contributed by atoms with Crippen LogP contribution >= 0.6 is 22.9 Å². The van der Waals surface area contributed by atoms with E-state index in [1.54, 1.807) is 36.7 Å². The highest BCUT2D eigenvalue weighted by molar-refractivity contribution is 7.10. The summed E-state index contributed by atoms with van der Waals surface area (Å²) in [5.74, 6) is 0.880. The molecule has 0 aliphatic carbocycles. The summed E-state index contributed by atoms with van der Waals surface area (Å²) in [6.07, 6.45) is 3.18. The topological polar surface area (TPSA) is 47.6 Å². The van der Waals surface area contributed by atoms with Gasteiger partial charge in [0.2, 0.25) is 5.91 Å². The van der Waals surface area contributed by atoms with Crippen LogP contribution in [0.25, 0.3) is 6.08 Å². The minimum atomic E-state index is -0.167. The molecule has 0 spiro atoms. The number of hydrogen-bond acceptors (Lipinski definition) is 4. The zero-order valence-electron chi connectivity index (χ0n) is 13.8. The molecule has 4 nitrogen and oxygen atoms in total. The number of hydrogen-bond donors (Lipinski definition) is 1. The summed E-state index contributed by atoms with van der Waals surface area (Å²) in [5, 5.41) is 5.36. The molecule has 0 saturated carbocycles. The van der Waals surface area contributed by atoms with Crippen molar-refractivity contribution in [2.45, 2.75) is 19.9 Å². The summed E-state index contributed by atoms with van der Waals surface area (Å²) in [4.78, 5) is 13.2. The molecule has 1 aromatic carbocycles. The van der Waals surface area contributed by atoms with Gasteiger partial charge in [-0.25, -0.2) is 0 Å². The third-order valence-corrected chi connectivity index (χ3v) is 4.63. The van der Waals surface area contributed by atoms with Crippen molar-refractivity contribution in [1.82, 2.24) is 5.32 Å². The van der Waals surface area contributed by atoms with Gasteiger partial charge in [-0.2, -0.15) is 0 Å². The smallest absolute Gasteiger partial charge is 0.244 e.